The largest absolute Gasteiger partial charge is 0.353 e. The van der Waals surface area contributed by atoms with Crippen molar-refractivity contribution in [1.29, 1.82) is 0 Å². The number of halogens is 1. The molecule has 26 heavy (non-hydrogen) atoms. The summed E-state index contributed by atoms with van der Waals surface area (Å²) in [6.45, 7) is 3.01. The zero-order valence-electron chi connectivity index (χ0n) is 14.8. The predicted molar refractivity (Wildman–Crippen MR) is 101 cm³/mol. The Hall–Kier alpha value is -2.14. The van der Waals surface area contributed by atoms with Gasteiger partial charge in [-0.15, -0.1) is 0 Å². The Morgan fingerprint density at radius 3 is 2.81 bits per heavy atom. The standard InChI is InChI=1S/C20H22ClN3O2/c1-12-17(10-14-9-15(21)4-7-18(14)22-12)20(26)24-8-2-3-13(11-24)19(25)23-16-5-6-16/h4,7,9-10,13,16H,2-3,5-6,8,11H2,1H3,(H,23,25)/t13-/m1/s1. The molecule has 2 heterocycles. The second-order valence-corrected chi connectivity index (χ2v) is 7.77. The zero-order valence-corrected chi connectivity index (χ0v) is 15.6. The first-order valence-corrected chi connectivity index (χ1v) is 9.55. The normalized spacial score (nSPS) is 20.2. The van der Waals surface area contributed by atoms with Crippen molar-refractivity contribution in [3.05, 3.63) is 40.5 Å². The molecule has 4 rings (SSSR count). The molecule has 1 saturated heterocycles. The SMILES string of the molecule is Cc1nc2ccc(Cl)cc2cc1C(=O)N1CCC[C@@H](C(=O)NC2CC2)C1. The molecule has 0 bridgehead atoms. The van der Waals surface area contributed by atoms with Gasteiger partial charge in [0.05, 0.1) is 22.7 Å². The average molecular weight is 372 g/mol. The fourth-order valence-electron chi connectivity index (χ4n) is 3.55. The van der Waals surface area contributed by atoms with E-state index in [0.29, 0.717) is 35.4 Å². The summed E-state index contributed by atoms with van der Waals surface area (Å²) in [5.41, 5.74) is 2.11. The molecule has 1 aromatic carbocycles. The first-order valence-electron chi connectivity index (χ1n) is 9.18. The Kier molecular flexibility index (Phi) is 4.57. The minimum absolute atomic E-state index is 0.0548. The highest BCUT2D eigenvalue weighted by Gasteiger charge is 2.32. The van der Waals surface area contributed by atoms with E-state index in [2.05, 4.69) is 10.3 Å². The lowest BCUT2D eigenvalue weighted by molar-refractivity contribution is -0.126. The quantitative estimate of drug-likeness (QED) is 0.900. The van der Waals surface area contributed by atoms with Gasteiger partial charge in [-0.3, -0.25) is 14.6 Å². The number of aromatic nitrogens is 1. The Balaban J connectivity index is 1.55. The first kappa shape index (κ1) is 17.3. The van der Waals surface area contributed by atoms with Crippen LogP contribution in [0.15, 0.2) is 24.3 Å². The van der Waals surface area contributed by atoms with Crippen LogP contribution >= 0.6 is 11.6 Å². The van der Waals surface area contributed by atoms with Crippen molar-refractivity contribution in [2.45, 2.75) is 38.6 Å². The van der Waals surface area contributed by atoms with Crippen LogP contribution in [-0.4, -0.2) is 40.8 Å². The second-order valence-electron chi connectivity index (χ2n) is 7.33. The average Bonchev–Trinajstić information content (AvgIpc) is 3.45. The summed E-state index contributed by atoms with van der Waals surface area (Å²) in [4.78, 5) is 31.8. The second kappa shape index (κ2) is 6.88. The number of carbonyl (C=O) groups excluding carboxylic acids is 2. The van der Waals surface area contributed by atoms with Crippen molar-refractivity contribution in [3.8, 4) is 0 Å². The van der Waals surface area contributed by atoms with Crippen LogP contribution in [0.4, 0.5) is 0 Å². The van der Waals surface area contributed by atoms with Crippen LogP contribution in [0.1, 0.15) is 41.7 Å². The van der Waals surface area contributed by atoms with E-state index < -0.39 is 0 Å². The Labute approximate surface area is 157 Å². The summed E-state index contributed by atoms with van der Waals surface area (Å²) >= 11 is 6.07. The molecule has 0 spiro atoms. The molecule has 1 aliphatic carbocycles. The third-order valence-electron chi connectivity index (χ3n) is 5.20. The predicted octanol–water partition coefficient (Wildman–Crippen LogP) is 3.33. The smallest absolute Gasteiger partial charge is 0.255 e. The van der Waals surface area contributed by atoms with Crippen LogP contribution in [0.3, 0.4) is 0 Å². The molecule has 1 N–H and O–H groups in total. The van der Waals surface area contributed by atoms with E-state index in [1.54, 1.807) is 11.0 Å². The fraction of sp³-hybridized carbons (Fsp3) is 0.450. The number of rotatable bonds is 3. The molecule has 2 aromatic rings. The molecule has 2 aliphatic rings. The van der Waals surface area contributed by atoms with Gasteiger partial charge < -0.3 is 10.2 Å². The maximum Gasteiger partial charge on any atom is 0.255 e. The van der Waals surface area contributed by atoms with E-state index >= 15 is 0 Å². The highest BCUT2D eigenvalue weighted by atomic mass is 35.5. The van der Waals surface area contributed by atoms with E-state index in [9.17, 15) is 9.59 Å². The number of aryl methyl sites for hydroxylation is 1. The summed E-state index contributed by atoms with van der Waals surface area (Å²) in [6, 6.07) is 7.69. The molecule has 2 amide bonds. The number of piperidine rings is 1. The number of hydrogen-bond acceptors (Lipinski definition) is 3. The number of nitrogens with one attached hydrogen (secondary N) is 1. The number of amides is 2. The number of carbonyl (C=O) groups is 2. The third-order valence-corrected chi connectivity index (χ3v) is 5.44. The molecule has 1 saturated carbocycles. The van der Waals surface area contributed by atoms with Crippen LogP contribution in [0.2, 0.25) is 5.02 Å². The third kappa shape index (κ3) is 3.54. The molecule has 1 aromatic heterocycles. The van der Waals surface area contributed by atoms with Crippen molar-refractivity contribution in [2.24, 2.45) is 5.92 Å². The number of nitrogens with zero attached hydrogens (tertiary/aromatic N) is 2. The highest BCUT2D eigenvalue weighted by molar-refractivity contribution is 6.31. The molecule has 1 aliphatic heterocycles. The van der Waals surface area contributed by atoms with Gasteiger partial charge in [-0.1, -0.05) is 11.6 Å². The lowest BCUT2D eigenvalue weighted by Crippen LogP contribution is -2.46. The van der Waals surface area contributed by atoms with Gasteiger partial charge in [0.1, 0.15) is 0 Å². The molecular formula is C20H22ClN3O2. The van der Waals surface area contributed by atoms with E-state index in [1.807, 2.05) is 25.1 Å². The summed E-state index contributed by atoms with van der Waals surface area (Å²) in [6.07, 6.45) is 3.84. The molecule has 0 radical (unpaired) electrons. The van der Waals surface area contributed by atoms with Crippen molar-refractivity contribution in [1.82, 2.24) is 15.2 Å². The summed E-state index contributed by atoms with van der Waals surface area (Å²) < 4.78 is 0. The van der Waals surface area contributed by atoms with E-state index in [-0.39, 0.29) is 17.7 Å². The maximum atomic E-state index is 13.1. The van der Waals surface area contributed by atoms with Crippen molar-refractivity contribution in [2.75, 3.05) is 13.1 Å². The fourth-order valence-corrected chi connectivity index (χ4v) is 3.73. The molecular weight excluding hydrogens is 350 g/mol. The Bertz CT molecular complexity index is 879. The van der Waals surface area contributed by atoms with Crippen LogP contribution in [0.25, 0.3) is 10.9 Å². The summed E-state index contributed by atoms with van der Waals surface area (Å²) in [5.74, 6) is -0.0811. The van der Waals surface area contributed by atoms with Crippen molar-refractivity contribution in [3.63, 3.8) is 0 Å². The number of fused-ring (bicyclic) bond motifs is 1. The lowest BCUT2D eigenvalue weighted by Gasteiger charge is -2.32. The van der Waals surface area contributed by atoms with Gasteiger partial charge in [-0.25, -0.2) is 0 Å². The van der Waals surface area contributed by atoms with Crippen molar-refractivity contribution >= 4 is 34.3 Å². The van der Waals surface area contributed by atoms with E-state index in [1.165, 1.54) is 0 Å². The monoisotopic (exact) mass is 371 g/mol. The van der Waals surface area contributed by atoms with Gasteiger partial charge >= 0.3 is 0 Å². The molecule has 6 heteroatoms. The Morgan fingerprint density at radius 1 is 1.23 bits per heavy atom. The van der Waals surface area contributed by atoms with E-state index in [4.69, 9.17) is 11.6 Å². The molecule has 136 valence electrons. The number of likely N-dealkylation sites (tertiary alicyclic amines) is 1. The van der Waals surface area contributed by atoms with Gasteiger partial charge in [-0.05, 0) is 56.9 Å². The summed E-state index contributed by atoms with van der Waals surface area (Å²) in [7, 11) is 0. The van der Waals surface area contributed by atoms with Gasteiger partial charge in [0.25, 0.3) is 5.91 Å². The van der Waals surface area contributed by atoms with Gasteiger partial charge in [-0.2, -0.15) is 0 Å². The molecule has 0 unspecified atom stereocenters. The number of hydrogen-bond donors (Lipinski definition) is 1. The minimum atomic E-state index is -0.114. The number of pyridine rings is 1. The van der Waals surface area contributed by atoms with Crippen LogP contribution in [-0.2, 0) is 4.79 Å². The van der Waals surface area contributed by atoms with Gasteiger partial charge in [0, 0.05) is 29.5 Å². The zero-order chi connectivity index (χ0) is 18.3. The minimum Gasteiger partial charge on any atom is -0.353 e. The lowest BCUT2D eigenvalue weighted by atomic mass is 9.96. The molecule has 2 fully saturated rings. The van der Waals surface area contributed by atoms with Crippen molar-refractivity contribution < 1.29 is 9.59 Å². The van der Waals surface area contributed by atoms with Crippen LogP contribution in [0.5, 0.6) is 0 Å². The van der Waals surface area contributed by atoms with Gasteiger partial charge in [0.2, 0.25) is 5.91 Å². The van der Waals surface area contributed by atoms with Gasteiger partial charge in [0.15, 0.2) is 0 Å². The van der Waals surface area contributed by atoms with Crippen LogP contribution in [0, 0.1) is 12.8 Å². The first-order chi connectivity index (χ1) is 12.5. The molecule has 5 nitrogen and oxygen atoms in total. The van der Waals surface area contributed by atoms with E-state index in [0.717, 1.165) is 36.6 Å². The topological polar surface area (TPSA) is 62.3 Å². The Morgan fingerprint density at radius 2 is 2.04 bits per heavy atom. The number of benzene rings is 1. The molecule has 1 atom stereocenters. The van der Waals surface area contributed by atoms with Crippen LogP contribution < -0.4 is 5.32 Å². The highest BCUT2D eigenvalue weighted by Crippen LogP contribution is 2.25. The maximum absolute atomic E-state index is 13.1. The summed E-state index contributed by atoms with van der Waals surface area (Å²) in [5, 5.41) is 4.54.